The van der Waals surface area contributed by atoms with E-state index in [0.29, 0.717) is 10.0 Å². The monoisotopic (exact) mass is 203 g/mol. The van der Waals surface area contributed by atoms with Crippen LogP contribution in [0.2, 0.25) is 10.0 Å². The van der Waals surface area contributed by atoms with Gasteiger partial charge < -0.3 is 5.32 Å². The highest BCUT2D eigenvalue weighted by Gasteiger charge is 2.05. The van der Waals surface area contributed by atoms with E-state index in [9.17, 15) is 0 Å². The van der Waals surface area contributed by atoms with E-state index >= 15 is 0 Å². The molecule has 1 N–H and O–H groups in total. The maximum atomic E-state index is 6.03. The molecule has 0 aromatic heterocycles. The van der Waals surface area contributed by atoms with Crippen molar-refractivity contribution in [3.8, 4) is 0 Å². The summed E-state index contributed by atoms with van der Waals surface area (Å²) < 4.78 is 0. The smallest absolute Gasteiger partial charge is 0.0721 e. The minimum atomic E-state index is 0.674. The fraction of sp³-hybridized carbons (Fsp3) is 0.333. The Kier molecular flexibility index (Phi) is 3.24. The molecule has 0 aliphatic rings. The lowest BCUT2D eigenvalue weighted by Gasteiger charge is -2.09. The van der Waals surface area contributed by atoms with E-state index in [2.05, 4.69) is 5.32 Å². The quantitative estimate of drug-likeness (QED) is 0.773. The van der Waals surface area contributed by atoms with Gasteiger partial charge in [-0.15, -0.1) is 0 Å². The third kappa shape index (κ3) is 1.85. The van der Waals surface area contributed by atoms with Gasteiger partial charge in [-0.05, 0) is 25.5 Å². The van der Waals surface area contributed by atoms with Crippen LogP contribution in [-0.4, -0.2) is 6.54 Å². The summed E-state index contributed by atoms with van der Waals surface area (Å²) >= 11 is 12.0. The lowest BCUT2D eigenvalue weighted by Crippen LogP contribution is -1.98. The molecule has 0 bridgehead atoms. The van der Waals surface area contributed by atoms with Crippen molar-refractivity contribution in [3.63, 3.8) is 0 Å². The molecule has 0 unspecified atom stereocenters. The Morgan fingerprint density at radius 3 is 2.58 bits per heavy atom. The number of hydrogen-bond donors (Lipinski definition) is 1. The highest BCUT2D eigenvalue weighted by Crippen LogP contribution is 2.32. The third-order valence-electron chi connectivity index (χ3n) is 1.64. The summed E-state index contributed by atoms with van der Waals surface area (Å²) in [5.74, 6) is 0. The molecule has 1 rings (SSSR count). The fourth-order valence-electron chi connectivity index (χ4n) is 0.995. The van der Waals surface area contributed by atoms with Gasteiger partial charge in [0.05, 0.1) is 15.7 Å². The number of anilines is 1. The van der Waals surface area contributed by atoms with Crippen LogP contribution < -0.4 is 5.32 Å². The second-order valence-electron chi connectivity index (χ2n) is 2.58. The summed E-state index contributed by atoms with van der Waals surface area (Å²) in [6, 6.07) is 3.76. The molecule has 66 valence electrons. The molecule has 3 heteroatoms. The van der Waals surface area contributed by atoms with Crippen LogP contribution in [0.5, 0.6) is 0 Å². The minimum absolute atomic E-state index is 0.674. The molecule has 0 heterocycles. The molecule has 0 atom stereocenters. The van der Waals surface area contributed by atoms with E-state index in [4.69, 9.17) is 23.2 Å². The SMILES string of the molecule is CCNc1c(Cl)ccc(C)c1Cl. The third-order valence-corrected chi connectivity index (χ3v) is 2.44. The van der Waals surface area contributed by atoms with Crippen LogP contribution in [0.1, 0.15) is 12.5 Å². The zero-order chi connectivity index (χ0) is 9.14. The summed E-state index contributed by atoms with van der Waals surface area (Å²) in [4.78, 5) is 0. The first kappa shape index (κ1) is 9.69. The van der Waals surface area contributed by atoms with Crippen LogP contribution in [0.15, 0.2) is 12.1 Å². The molecule has 0 radical (unpaired) electrons. The first-order valence-corrected chi connectivity index (χ1v) is 4.61. The first-order valence-electron chi connectivity index (χ1n) is 3.85. The molecule has 1 aromatic rings. The lowest BCUT2D eigenvalue weighted by molar-refractivity contribution is 1.21. The van der Waals surface area contributed by atoms with E-state index in [-0.39, 0.29) is 0 Å². The average Bonchev–Trinajstić information content (AvgIpc) is 2.06. The maximum Gasteiger partial charge on any atom is 0.0721 e. The Balaban J connectivity index is 3.14. The highest BCUT2D eigenvalue weighted by atomic mass is 35.5. The van der Waals surface area contributed by atoms with Gasteiger partial charge in [0.1, 0.15) is 0 Å². The highest BCUT2D eigenvalue weighted by molar-refractivity contribution is 6.39. The van der Waals surface area contributed by atoms with Crippen molar-refractivity contribution in [1.82, 2.24) is 0 Å². The van der Waals surface area contributed by atoms with Crippen molar-refractivity contribution in [1.29, 1.82) is 0 Å². The van der Waals surface area contributed by atoms with Gasteiger partial charge in [-0.2, -0.15) is 0 Å². The summed E-state index contributed by atoms with van der Waals surface area (Å²) in [6.07, 6.45) is 0. The molecule has 0 spiro atoms. The van der Waals surface area contributed by atoms with Crippen molar-refractivity contribution >= 4 is 28.9 Å². The Hall–Kier alpha value is -0.400. The van der Waals surface area contributed by atoms with Crippen LogP contribution in [0.25, 0.3) is 0 Å². The summed E-state index contributed by atoms with van der Waals surface area (Å²) in [7, 11) is 0. The summed E-state index contributed by atoms with van der Waals surface area (Å²) in [5.41, 5.74) is 1.87. The first-order chi connectivity index (χ1) is 5.66. The van der Waals surface area contributed by atoms with Gasteiger partial charge in [0.25, 0.3) is 0 Å². The second kappa shape index (κ2) is 4.01. The number of rotatable bonds is 2. The number of halogens is 2. The van der Waals surface area contributed by atoms with Gasteiger partial charge in [0.15, 0.2) is 0 Å². The van der Waals surface area contributed by atoms with E-state index < -0.39 is 0 Å². The van der Waals surface area contributed by atoms with Crippen molar-refractivity contribution in [2.75, 3.05) is 11.9 Å². The molecule has 1 nitrogen and oxygen atoms in total. The van der Waals surface area contributed by atoms with E-state index in [0.717, 1.165) is 17.8 Å². The van der Waals surface area contributed by atoms with Crippen LogP contribution in [0, 0.1) is 6.92 Å². The number of aryl methyl sites for hydroxylation is 1. The van der Waals surface area contributed by atoms with Crippen molar-refractivity contribution in [2.24, 2.45) is 0 Å². The van der Waals surface area contributed by atoms with E-state index in [1.807, 2.05) is 26.0 Å². The van der Waals surface area contributed by atoms with Crippen LogP contribution in [-0.2, 0) is 0 Å². The Morgan fingerprint density at radius 1 is 1.33 bits per heavy atom. The molecule has 0 aliphatic carbocycles. The molecule has 0 amide bonds. The molecular weight excluding hydrogens is 193 g/mol. The van der Waals surface area contributed by atoms with Gasteiger partial charge in [-0.1, -0.05) is 29.3 Å². The maximum absolute atomic E-state index is 6.03. The van der Waals surface area contributed by atoms with Crippen LogP contribution >= 0.6 is 23.2 Å². The number of nitrogens with one attached hydrogen (secondary N) is 1. The van der Waals surface area contributed by atoms with Crippen molar-refractivity contribution in [3.05, 3.63) is 27.7 Å². The van der Waals surface area contributed by atoms with E-state index in [1.54, 1.807) is 0 Å². The predicted molar refractivity (Wildman–Crippen MR) is 55.4 cm³/mol. The Labute approximate surface area is 82.7 Å². The lowest BCUT2D eigenvalue weighted by atomic mass is 10.2. The normalized spacial score (nSPS) is 10.0. The topological polar surface area (TPSA) is 12.0 Å². The Morgan fingerprint density at radius 2 is 2.00 bits per heavy atom. The molecule has 0 saturated heterocycles. The molecule has 12 heavy (non-hydrogen) atoms. The zero-order valence-electron chi connectivity index (χ0n) is 7.12. The molecule has 0 saturated carbocycles. The number of hydrogen-bond acceptors (Lipinski definition) is 1. The Bertz CT molecular complexity index is 284. The largest absolute Gasteiger partial charge is 0.383 e. The van der Waals surface area contributed by atoms with E-state index in [1.165, 1.54) is 0 Å². The molecular formula is C9H11Cl2N. The molecule has 1 aromatic carbocycles. The summed E-state index contributed by atoms with van der Waals surface area (Å²) in [6.45, 7) is 4.79. The second-order valence-corrected chi connectivity index (χ2v) is 3.37. The van der Waals surface area contributed by atoms with Gasteiger partial charge >= 0.3 is 0 Å². The van der Waals surface area contributed by atoms with Gasteiger partial charge in [-0.25, -0.2) is 0 Å². The van der Waals surface area contributed by atoms with Gasteiger partial charge in [0.2, 0.25) is 0 Å². The van der Waals surface area contributed by atoms with Gasteiger partial charge in [-0.3, -0.25) is 0 Å². The fourth-order valence-corrected chi connectivity index (χ4v) is 1.50. The zero-order valence-corrected chi connectivity index (χ0v) is 8.63. The summed E-state index contributed by atoms with van der Waals surface area (Å²) in [5, 5.41) is 4.51. The molecule has 0 fully saturated rings. The van der Waals surface area contributed by atoms with Crippen molar-refractivity contribution < 1.29 is 0 Å². The number of benzene rings is 1. The van der Waals surface area contributed by atoms with Crippen molar-refractivity contribution in [2.45, 2.75) is 13.8 Å². The predicted octanol–water partition coefficient (Wildman–Crippen LogP) is 3.73. The average molecular weight is 204 g/mol. The minimum Gasteiger partial charge on any atom is -0.383 e. The standard InChI is InChI=1S/C9H11Cl2N/c1-3-12-9-7(10)5-4-6(2)8(9)11/h4-5,12H,3H2,1-2H3. The van der Waals surface area contributed by atoms with Crippen LogP contribution in [0.4, 0.5) is 5.69 Å². The molecule has 0 aliphatic heterocycles. The van der Waals surface area contributed by atoms with Gasteiger partial charge in [0, 0.05) is 6.54 Å². The van der Waals surface area contributed by atoms with Crippen LogP contribution in [0.3, 0.4) is 0 Å².